The minimum Gasteiger partial charge on any atom is -0.493 e. The highest BCUT2D eigenvalue weighted by molar-refractivity contribution is 7.11. The van der Waals surface area contributed by atoms with Crippen LogP contribution in [0.5, 0.6) is 11.5 Å². The van der Waals surface area contributed by atoms with Crippen molar-refractivity contribution in [2.75, 3.05) is 13.7 Å². The zero-order chi connectivity index (χ0) is 21.3. The Labute approximate surface area is 180 Å². The Bertz CT molecular complexity index is 1000. The lowest BCUT2D eigenvalue weighted by Crippen LogP contribution is -2.38. The second kappa shape index (κ2) is 10.4. The van der Waals surface area contributed by atoms with Crippen LogP contribution in [0.25, 0.3) is 0 Å². The van der Waals surface area contributed by atoms with Crippen LogP contribution in [0.3, 0.4) is 0 Å². The van der Waals surface area contributed by atoms with Gasteiger partial charge in [-0.2, -0.15) is 0 Å². The van der Waals surface area contributed by atoms with Gasteiger partial charge in [-0.05, 0) is 48.9 Å². The molecule has 2 amide bonds. The first-order chi connectivity index (χ1) is 14.6. The topological polar surface area (TPSA) is 63.9 Å². The van der Waals surface area contributed by atoms with Crippen LogP contribution in [0.15, 0.2) is 53.1 Å². The van der Waals surface area contributed by atoms with Crippen molar-refractivity contribution in [3.63, 3.8) is 0 Å². The molecule has 7 heteroatoms. The standard InChI is InChI=1S/C23H24N2O4S/c1-4-11-29-22-13-18(8-10-21(22)27-3)14-24-23(26)25(15-19-6-5-12-28-19)16-20-9-7-17(2)30-20/h1,5-10,12-13H,11,14-16H2,2-3H3,(H,24,26). The van der Waals surface area contributed by atoms with Crippen LogP contribution in [-0.2, 0) is 19.6 Å². The van der Waals surface area contributed by atoms with Crippen molar-refractivity contribution in [2.24, 2.45) is 0 Å². The Morgan fingerprint density at radius 3 is 2.77 bits per heavy atom. The highest BCUT2D eigenvalue weighted by atomic mass is 32.1. The fourth-order valence-electron chi connectivity index (χ4n) is 2.90. The van der Waals surface area contributed by atoms with E-state index in [1.807, 2.05) is 30.3 Å². The van der Waals surface area contributed by atoms with E-state index in [1.165, 1.54) is 4.88 Å². The van der Waals surface area contributed by atoms with Gasteiger partial charge in [-0.15, -0.1) is 17.8 Å². The van der Waals surface area contributed by atoms with Crippen LogP contribution in [0.4, 0.5) is 4.79 Å². The van der Waals surface area contributed by atoms with Crippen molar-refractivity contribution < 1.29 is 18.7 Å². The molecule has 0 aliphatic heterocycles. The smallest absolute Gasteiger partial charge is 0.318 e. The van der Waals surface area contributed by atoms with Gasteiger partial charge in [0.2, 0.25) is 0 Å². The summed E-state index contributed by atoms with van der Waals surface area (Å²) < 4.78 is 16.3. The summed E-state index contributed by atoms with van der Waals surface area (Å²) in [6, 6.07) is 13.1. The molecule has 0 saturated carbocycles. The molecule has 6 nitrogen and oxygen atoms in total. The van der Waals surface area contributed by atoms with Crippen molar-refractivity contribution in [3.05, 3.63) is 69.8 Å². The third kappa shape index (κ3) is 5.82. The third-order valence-electron chi connectivity index (χ3n) is 4.34. The fourth-order valence-corrected chi connectivity index (χ4v) is 3.81. The van der Waals surface area contributed by atoms with Crippen LogP contribution in [0.1, 0.15) is 21.1 Å². The molecule has 0 fully saturated rings. The Hall–Kier alpha value is -3.37. The quantitative estimate of drug-likeness (QED) is 0.511. The summed E-state index contributed by atoms with van der Waals surface area (Å²) in [6.45, 7) is 3.42. The Balaban J connectivity index is 1.68. The molecular weight excluding hydrogens is 400 g/mol. The van der Waals surface area contributed by atoms with Crippen molar-refractivity contribution in [1.29, 1.82) is 0 Å². The average Bonchev–Trinajstić information content (AvgIpc) is 3.41. The summed E-state index contributed by atoms with van der Waals surface area (Å²) in [5.74, 6) is 4.30. The lowest BCUT2D eigenvalue weighted by Gasteiger charge is -2.22. The molecule has 2 aromatic heterocycles. The van der Waals surface area contributed by atoms with Gasteiger partial charge >= 0.3 is 6.03 Å². The summed E-state index contributed by atoms with van der Waals surface area (Å²) in [6.07, 6.45) is 6.88. The number of hydrogen-bond acceptors (Lipinski definition) is 5. The number of terminal acetylenes is 1. The van der Waals surface area contributed by atoms with Crippen LogP contribution in [0, 0.1) is 19.3 Å². The predicted molar refractivity (Wildman–Crippen MR) is 117 cm³/mol. The summed E-state index contributed by atoms with van der Waals surface area (Å²) in [5.41, 5.74) is 0.876. The normalized spacial score (nSPS) is 10.3. The number of hydrogen-bond donors (Lipinski definition) is 1. The second-order valence-electron chi connectivity index (χ2n) is 6.58. The van der Waals surface area contributed by atoms with Gasteiger partial charge in [0.15, 0.2) is 11.5 Å². The molecule has 0 atom stereocenters. The van der Waals surface area contributed by atoms with Crippen molar-refractivity contribution in [3.8, 4) is 23.8 Å². The summed E-state index contributed by atoms with van der Waals surface area (Å²) in [5, 5.41) is 2.97. The number of amides is 2. The first kappa shape index (κ1) is 21.3. The molecule has 2 heterocycles. The Morgan fingerprint density at radius 2 is 2.10 bits per heavy atom. The Morgan fingerprint density at radius 1 is 1.23 bits per heavy atom. The van der Waals surface area contributed by atoms with Gasteiger partial charge in [0, 0.05) is 16.3 Å². The number of ether oxygens (including phenoxy) is 2. The lowest BCUT2D eigenvalue weighted by molar-refractivity contribution is 0.187. The number of methoxy groups -OCH3 is 1. The first-order valence-electron chi connectivity index (χ1n) is 9.42. The number of nitrogens with one attached hydrogen (secondary N) is 1. The number of rotatable bonds is 9. The van der Waals surface area contributed by atoms with Crippen molar-refractivity contribution in [1.82, 2.24) is 10.2 Å². The molecule has 0 unspecified atom stereocenters. The number of benzene rings is 1. The van der Waals surface area contributed by atoms with Gasteiger partial charge in [0.1, 0.15) is 12.4 Å². The van der Waals surface area contributed by atoms with E-state index in [2.05, 4.69) is 24.2 Å². The van der Waals surface area contributed by atoms with Crippen molar-refractivity contribution in [2.45, 2.75) is 26.6 Å². The SMILES string of the molecule is C#CCOc1cc(CNC(=O)N(Cc2ccco2)Cc2ccc(C)s2)ccc1OC. The van der Waals surface area contributed by atoms with Gasteiger partial charge in [-0.25, -0.2) is 4.79 Å². The molecule has 0 aliphatic rings. The maximum absolute atomic E-state index is 12.9. The minimum atomic E-state index is -0.181. The lowest BCUT2D eigenvalue weighted by atomic mass is 10.2. The van der Waals surface area contributed by atoms with E-state index in [1.54, 1.807) is 35.7 Å². The van der Waals surface area contributed by atoms with Crippen LogP contribution in [0.2, 0.25) is 0 Å². The van der Waals surface area contributed by atoms with E-state index in [0.29, 0.717) is 31.1 Å². The number of carbonyl (C=O) groups excluding carboxylic acids is 1. The predicted octanol–water partition coefficient (Wildman–Crippen LogP) is 4.58. The second-order valence-corrected chi connectivity index (χ2v) is 7.96. The van der Waals surface area contributed by atoms with E-state index in [4.69, 9.17) is 20.3 Å². The number of urea groups is 1. The van der Waals surface area contributed by atoms with Crippen LogP contribution in [-0.4, -0.2) is 24.6 Å². The highest BCUT2D eigenvalue weighted by Crippen LogP contribution is 2.28. The molecule has 3 aromatic rings. The van der Waals surface area contributed by atoms with Gasteiger partial charge in [-0.1, -0.05) is 12.0 Å². The van der Waals surface area contributed by atoms with E-state index in [-0.39, 0.29) is 12.6 Å². The molecule has 1 N–H and O–H groups in total. The average molecular weight is 425 g/mol. The molecule has 0 radical (unpaired) electrons. The molecule has 1 aromatic carbocycles. The van der Waals surface area contributed by atoms with E-state index in [9.17, 15) is 4.79 Å². The maximum atomic E-state index is 12.9. The summed E-state index contributed by atoms with van der Waals surface area (Å²) in [4.78, 5) is 17.0. The highest BCUT2D eigenvalue weighted by Gasteiger charge is 2.17. The van der Waals surface area contributed by atoms with Crippen molar-refractivity contribution >= 4 is 17.4 Å². The molecule has 0 spiro atoms. The number of nitrogens with zero attached hydrogens (tertiary/aromatic N) is 1. The molecule has 0 bridgehead atoms. The summed E-state index contributed by atoms with van der Waals surface area (Å²) >= 11 is 1.68. The molecule has 3 rings (SSSR count). The molecule has 156 valence electrons. The monoisotopic (exact) mass is 424 g/mol. The number of carbonyl (C=O) groups is 1. The van der Waals surface area contributed by atoms with Gasteiger partial charge in [0.25, 0.3) is 0 Å². The van der Waals surface area contributed by atoms with E-state index in [0.717, 1.165) is 16.2 Å². The zero-order valence-electron chi connectivity index (χ0n) is 17.0. The van der Waals surface area contributed by atoms with E-state index >= 15 is 0 Å². The number of furan rings is 1. The van der Waals surface area contributed by atoms with Gasteiger partial charge in [-0.3, -0.25) is 0 Å². The largest absolute Gasteiger partial charge is 0.493 e. The summed E-state index contributed by atoms with van der Waals surface area (Å²) in [7, 11) is 1.57. The fraction of sp³-hybridized carbons (Fsp3) is 0.261. The van der Waals surface area contributed by atoms with Crippen LogP contribution >= 0.6 is 11.3 Å². The molecule has 0 saturated heterocycles. The number of aryl methyl sites for hydroxylation is 1. The molecular formula is C23H24N2O4S. The minimum absolute atomic E-state index is 0.142. The first-order valence-corrected chi connectivity index (χ1v) is 10.2. The maximum Gasteiger partial charge on any atom is 0.318 e. The van der Waals surface area contributed by atoms with Gasteiger partial charge in [0.05, 0.1) is 26.5 Å². The van der Waals surface area contributed by atoms with Crippen LogP contribution < -0.4 is 14.8 Å². The molecule has 30 heavy (non-hydrogen) atoms. The molecule has 0 aliphatic carbocycles. The zero-order valence-corrected chi connectivity index (χ0v) is 17.8. The third-order valence-corrected chi connectivity index (χ3v) is 5.32. The number of thiophene rings is 1. The Kier molecular flexibility index (Phi) is 7.41. The van der Waals surface area contributed by atoms with E-state index < -0.39 is 0 Å². The van der Waals surface area contributed by atoms with Gasteiger partial charge < -0.3 is 24.1 Å².